The molecule has 0 aliphatic rings. The summed E-state index contributed by atoms with van der Waals surface area (Å²) in [5, 5.41) is 2.89. The van der Waals surface area contributed by atoms with Gasteiger partial charge in [-0.05, 0) is 61.9 Å². The Bertz CT molecular complexity index is 635. The smallest absolute Gasteiger partial charge is 0.255 e. The maximum absolute atomic E-state index is 12.3. The summed E-state index contributed by atoms with van der Waals surface area (Å²) >= 11 is 0. The molecule has 0 aliphatic carbocycles. The lowest BCUT2D eigenvalue weighted by Crippen LogP contribution is -2.11. The molecule has 0 saturated heterocycles. The molecule has 1 N–H and O–H groups in total. The third-order valence-corrected chi connectivity index (χ3v) is 3.81. The number of anilines is 1. The Morgan fingerprint density at radius 3 is 2.12 bits per heavy atom. The van der Waals surface area contributed by atoms with Crippen LogP contribution in [0.2, 0.25) is 0 Å². The minimum Gasteiger partial charge on any atom is -0.494 e. The summed E-state index contributed by atoms with van der Waals surface area (Å²) in [5.74, 6) is 1.45. The van der Waals surface area contributed by atoms with Gasteiger partial charge in [0.05, 0.1) is 13.2 Å². The van der Waals surface area contributed by atoms with Crippen molar-refractivity contribution in [2.45, 2.75) is 39.5 Å². The van der Waals surface area contributed by atoms with Crippen molar-refractivity contribution in [1.82, 2.24) is 0 Å². The summed E-state index contributed by atoms with van der Waals surface area (Å²) in [7, 11) is 0. The molecule has 0 atom stereocenters. The minimum absolute atomic E-state index is 0.142. The van der Waals surface area contributed by atoms with E-state index in [0.29, 0.717) is 12.2 Å². The topological polar surface area (TPSA) is 47.6 Å². The van der Waals surface area contributed by atoms with Gasteiger partial charge in [0, 0.05) is 11.3 Å². The highest BCUT2D eigenvalue weighted by Gasteiger charge is 2.06. The summed E-state index contributed by atoms with van der Waals surface area (Å²) in [4.78, 5) is 12.3. The van der Waals surface area contributed by atoms with Crippen LogP contribution in [0.4, 0.5) is 5.69 Å². The van der Waals surface area contributed by atoms with Crippen LogP contribution in [-0.2, 0) is 0 Å². The lowest BCUT2D eigenvalue weighted by atomic mass is 10.2. The van der Waals surface area contributed by atoms with Gasteiger partial charge >= 0.3 is 0 Å². The van der Waals surface area contributed by atoms with Gasteiger partial charge in [-0.15, -0.1) is 0 Å². The Labute approximate surface area is 150 Å². The molecule has 134 valence electrons. The van der Waals surface area contributed by atoms with Gasteiger partial charge in [-0.25, -0.2) is 0 Å². The van der Waals surface area contributed by atoms with Crippen molar-refractivity contribution < 1.29 is 14.3 Å². The molecule has 0 radical (unpaired) electrons. The summed E-state index contributed by atoms with van der Waals surface area (Å²) in [6.07, 6.45) is 4.75. The molecule has 2 aromatic carbocycles. The minimum atomic E-state index is -0.142. The fourth-order valence-corrected chi connectivity index (χ4v) is 2.43. The number of ether oxygens (including phenoxy) is 2. The second-order valence-electron chi connectivity index (χ2n) is 5.85. The van der Waals surface area contributed by atoms with Crippen molar-refractivity contribution in [1.29, 1.82) is 0 Å². The van der Waals surface area contributed by atoms with E-state index < -0.39 is 0 Å². The van der Waals surface area contributed by atoms with Gasteiger partial charge < -0.3 is 14.8 Å². The highest BCUT2D eigenvalue weighted by atomic mass is 16.5. The Balaban J connectivity index is 1.82. The molecule has 0 aliphatic heterocycles. The summed E-state index contributed by atoms with van der Waals surface area (Å²) < 4.78 is 11.1. The van der Waals surface area contributed by atoms with E-state index in [-0.39, 0.29) is 5.91 Å². The Morgan fingerprint density at radius 2 is 1.48 bits per heavy atom. The van der Waals surface area contributed by atoms with Gasteiger partial charge in [-0.1, -0.05) is 26.2 Å². The predicted molar refractivity (Wildman–Crippen MR) is 102 cm³/mol. The van der Waals surface area contributed by atoms with Crippen molar-refractivity contribution in [2.75, 3.05) is 18.5 Å². The number of rotatable bonds is 10. The van der Waals surface area contributed by atoms with E-state index in [1.54, 1.807) is 24.3 Å². The lowest BCUT2D eigenvalue weighted by Gasteiger charge is -2.09. The fourth-order valence-electron chi connectivity index (χ4n) is 2.43. The van der Waals surface area contributed by atoms with Crippen LogP contribution in [0.1, 0.15) is 49.9 Å². The van der Waals surface area contributed by atoms with E-state index in [2.05, 4.69) is 12.2 Å². The molecule has 0 fully saturated rings. The molecular weight excluding hydrogens is 314 g/mol. The molecule has 0 saturated carbocycles. The molecule has 0 aromatic heterocycles. The normalized spacial score (nSPS) is 10.3. The number of hydrogen-bond acceptors (Lipinski definition) is 3. The van der Waals surface area contributed by atoms with E-state index in [0.717, 1.165) is 30.2 Å². The zero-order chi connectivity index (χ0) is 17.9. The largest absolute Gasteiger partial charge is 0.494 e. The maximum atomic E-state index is 12.3. The highest BCUT2D eigenvalue weighted by molar-refractivity contribution is 6.04. The van der Waals surface area contributed by atoms with Crippen LogP contribution in [0.3, 0.4) is 0 Å². The lowest BCUT2D eigenvalue weighted by molar-refractivity contribution is 0.102. The Morgan fingerprint density at radius 1 is 0.840 bits per heavy atom. The van der Waals surface area contributed by atoms with Crippen molar-refractivity contribution >= 4 is 11.6 Å². The highest BCUT2D eigenvalue weighted by Crippen LogP contribution is 2.18. The number of carbonyl (C=O) groups excluding carboxylic acids is 1. The van der Waals surface area contributed by atoms with Crippen molar-refractivity contribution in [3.05, 3.63) is 54.1 Å². The standard InChI is InChI=1S/C21H27NO3/c1-3-5-6-7-16-25-20-14-10-18(11-15-20)22-21(23)17-8-12-19(13-9-17)24-4-2/h8-15H,3-7,16H2,1-2H3,(H,22,23). The second kappa shape index (κ2) is 10.4. The molecule has 0 heterocycles. The van der Waals surface area contributed by atoms with Crippen LogP contribution in [0, 0.1) is 0 Å². The SMILES string of the molecule is CCCCCCOc1ccc(NC(=O)c2ccc(OCC)cc2)cc1. The van der Waals surface area contributed by atoms with Crippen molar-refractivity contribution in [3.8, 4) is 11.5 Å². The first kappa shape index (κ1) is 18.8. The first-order chi connectivity index (χ1) is 12.2. The van der Waals surface area contributed by atoms with Gasteiger partial charge in [0.1, 0.15) is 11.5 Å². The van der Waals surface area contributed by atoms with E-state index in [1.165, 1.54) is 19.3 Å². The predicted octanol–water partition coefficient (Wildman–Crippen LogP) is 5.30. The van der Waals surface area contributed by atoms with Gasteiger partial charge in [0.15, 0.2) is 0 Å². The number of amides is 1. The fraction of sp³-hybridized carbons (Fsp3) is 0.381. The molecule has 2 aromatic rings. The third kappa shape index (κ3) is 6.49. The van der Waals surface area contributed by atoms with Crippen LogP contribution in [0.15, 0.2) is 48.5 Å². The van der Waals surface area contributed by atoms with Gasteiger partial charge in [0.25, 0.3) is 5.91 Å². The van der Waals surface area contributed by atoms with Crippen molar-refractivity contribution in [3.63, 3.8) is 0 Å². The molecule has 4 nitrogen and oxygen atoms in total. The number of unbranched alkanes of at least 4 members (excludes halogenated alkanes) is 3. The Kier molecular flexibility index (Phi) is 7.83. The van der Waals surface area contributed by atoms with E-state index in [1.807, 2.05) is 31.2 Å². The first-order valence-corrected chi connectivity index (χ1v) is 9.00. The molecule has 4 heteroatoms. The molecule has 25 heavy (non-hydrogen) atoms. The van der Waals surface area contributed by atoms with Gasteiger partial charge in [0.2, 0.25) is 0 Å². The van der Waals surface area contributed by atoms with E-state index in [9.17, 15) is 4.79 Å². The molecule has 0 spiro atoms. The second-order valence-corrected chi connectivity index (χ2v) is 5.85. The van der Waals surface area contributed by atoms with E-state index >= 15 is 0 Å². The van der Waals surface area contributed by atoms with Crippen LogP contribution >= 0.6 is 0 Å². The molecule has 0 unspecified atom stereocenters. The molecule has 0 bridgehead atoms. The summed E-state index contributed by atoms with van der Waals surface area (Å²) in [5.41, 5.74) is 1.34. The summed E-state index contributed by atoms with van der Waals surface area (Å²) in [6.45, 7) is 5.47. The zero-order valence-corrected chi connectivity index (χ0v) is 15.1. The number of nitrogens with one attached hydrogen (secondary N) is 1. The first-order valence-electron chi connectivity index (χ1n) is 9.00. The average Bonchev–Trinajstić information content (AvgIpc) is 2.64. The summed E-state index contributed by atoms with van der Waals surface area (Å²) in [6, 6.07) is 14.6. The van der Waals surface area contributed by atoms with Crippen molar-refractivity contribution in [2.24, 2.45) is 0 Å². The monoisotopic (exact) mass is 341 g/mol. The van der Waals surface area contributed by atoms with Gasteiger partial charge in [-0.3, -0.25) is 4.79 Å². The van der Waals surface area contributed by atoms with Crippen LogP contribution in [0.25, 0.3) is 0 Å². The van der Waals surface area contributed by atoms with Crippen LogP contribution in [0.5, 0.6) is 11.5 Å². The van der Waals surface area contributed by atoms with Crippen LogP contribution in [-0.4, -0.2) is 19.1 Å². The molecular formula is C21H27NO3. The average molecular weight is 341 g/mol. The van der Waals surface area contributed by atoms with E-state index in [4.69, 9.17) is 9.47 Å². The Hall–Kier alpha value is -2.49. The van der Waals surface area contributed by atoms with Gasteiger partial charge in [-0.2, -0.15) is 0 Å². The molecule has 1 amide bonds. The number of benzene rings is 2. The molecule has 2 rings (SSSR count). The number of hydrogen-bond donors (Lipinski definition) is 1. The zero-order valence-electron chi connectivity index (χ0n) is 15.1. The maximum Gasteiger partial charge on any atom is 0.255 e. The number of carbonyl (C=O) groups is 1. The van der Waals surface area contributed by atoms with Crippen LogP contribution < -0.4 is 14.8 Å². The quantitative estimate of drug-likeness (QED) is 0.597. The third-order valence-electron chi connectivity index (χ3n) is 3.81.